The minimum atomic E-state index is -4.51. The topological polar surface area (TPSA) is 29.1 Å². The predicted octanol–water partition coefficient (Wildman–Crippen LogP) is 1.96. The van der Waals surface area contributed by atoms with Gasteiger partial charge in [-0.1, -0.05) is 13.8 Å². The van der Waals surface area contributed by atoms with E-state index in [0.29, 0.717) is 0 Å². The monoisotopic (exact) mass is 197 g/mol. The number of rotatable bonds is 2. The molecule has 0 aliphatic carbocycles. The molecule has 0 aromatic rings. The molecule has 78 valence electrons. The van der Waals surface area contributed by atoms with Gasteiger partial charge in [-0.2, -0.15) is 13.2 Å². The van der Waals surface area contributed by atoms with Gasteiger partial charge in [0.1, 0.15) is 5.41 Å². The quantitative estimate of drug-likeness (QED) is 0.720. The van der Waals surface area contributed by atoms with E-state index in [0.717, 1.165) is 6.92 Å². The lowest BCUT2D eigenvalue weighted by atomic mass is 9.77. The van der Waals surface area contributed by atoms with Crippen molar-refractivity contribution in [1.29, 1.82) is 0 Å². The third kappa shape index (κ3) is 1.95. The maximum atomic E-state index is 12.5. The summed E-state index contributed by atoms with van der Waals surface area (Å²) in [6, 6.07) is 0. The van der Waals surface area contributed by atoms with Crippen molar-refractivity contribution in [2.24, 2.45) is 11.3 Å². The van der Waals surface area contributed by atoms with E-state index in [4.69, 9.17) is 0 Å². The maximum absolute atomic E-state index is 12.5. The molecule has 0 rings (SSSR count). The van der Waals surface area contributed by atoms with E-state index in [1.807, 2.05) is 5.32 Å². The Hall–Kier alpha value is -0.740. The highest BCUT2D eigenvalue weighted by Crippen LogP contribution is 2.43. The molecule has 5 heteroatoms. The number of hydrogen-bond acceptors (Lipinski definition) is 1. The van der Waals surface area contributed by atoms with E-state index in [9.17, 15) is 18.0 Å². The van der Waals surface area contributed by atoms with Crippen LogP contribution < -0.4 is 5.32 Å². The van der Waals surface area contributed by atoms with Gasteiger partial charge in [-0.25, -0.2) is 0 Å². The second-order valence-corrected chi connectivity index (χ2v) is 3.43. The highest BCUT2D eigenvalue weighted by molar-refractivity contribution is 5.83. The molecule has 2 nitrogen and oxygen atoms in total. The number of carbonyl (C=O) groups is 1. The van der Waals surface area contributed by atoms with E-state index in [1.54, 1.807) is 0 Å². The highest BCUT2D eigenvalue weighted by atomic mass is 19.4. The Morgan fingerprint density at radius 2 is 1.69 bits per heavy atom. The predicted molar refractivity (Wildman–Crippen MR) is 43.1 cm³/mol. The van der Waals surface area contributed by atoms with Crippen molar-refractivity contribution in [3.05, 3.63) is 0 Å². The van der Waals surface area contributed by atoms with Crippen molar-refractivity contribution in [2.75, 3.05) is 7.05 Å². The third-order valence-electron chi connectivity index (χ3n) is 2.44. The van der Waals surface area contributed by atoms with Crippen molar-refractivity contribution in [3.8, 4) is 0 Å². The van der Waals surface area contributed by atoms with Crippen LogP contribution in [0.25, 0.3) is 0 Å². The van der Waals surface area contributed by atoms with E-state index in [1.165, 1.54) is 20.9 Å². The molecular formula is C8H14F3NO. The van der Waals surface area contributed by atoms with Gasteiger partial charge >= 0.3 is 6.18 Å². The molecule has 0 aliphatic heterocycles. The SMILES string of the molecule is CNC(=O)C(C)(C(C)C)C(F)(F)F. The summed E-state index contributed by atoms with van der Waals surface area (Å²) in [5.74, 6) is -1.78. The molecule has 0 aliphatic rings. The Balaban J connectivity index is 5.08. The van der Waals surface area contributed by atoms with Gasteiger partial charge in [-0.15, -0.1) is 0 Å². The first-order valence-electron chi connectivity index (χ1n) is 3.96. The third-order valence-corrected chi connectivity index (χ3v) is 2.44. The zero-order valence-electron chi connectivity index (χ0n) is 8.12. The number of halogens is 3. The number of carbonyl (C=O) groups excluding carboxylic acids is 1. The van der Waals surface area contributed by atoms with Crippen molar-refractivity contribution in [2.45, 2.75) is 26.9 Å². The molecule has 1 unspecified atom stereocenters. The van der Waals surface area contributed by atoms with Crippen LogP contribution >= 0.6 is 0 Å². The molecule has 1 N–H and O–H groups in total. The molecule has 0 fully saturated rings. The van der Waals surface area contributed by atoms with Gasteiger partial charge in [0.2, 0.25) is 5.91 Å². The van der Waals surface area contributed by atoms with Crippen LogP contribution in [0.4, 0.5) is 13.2 Å². The Morgan fingerprint density at radius 3 is 1.77 bits per heavy atom. The molecule has 0 aromatic carbocycles. The summed E-state index contributed by atoms with van der Waals surface area (Å²) >= 11 is 0. The van der Waals surface area contributed by atoms with Gasteiger partial charge in [-0.05, 0) is 12.8 Å². The van der Waals surface area contributed by atoms with Gasteiger partial charge in [0.05, 0.1) is 0 Å². The van der Waals surface area contributed by atoms with Crippen molar-refractivity contribution in [3.63, 3.8) is 0 Å². The Bertz CT molecular complexity index is 200. The molecule has 0 saturated heterocycles. The summed E-state index contributed by atoms with van der Waals surface area (Å²) in [6.07, 6.45) is -4.51. The minimum Gasteiger partial charge on any atom is -0.358 e. The van der Waals surface area contributed by atoms with Crippen molar-refractivity contribution in [1.82, 2.24) is 5.32 Å². The smallest absolute Gasteiger partial charge is 0.358 e. The zero-order chi connectivity index (χ0) is 10.9. The fraction of sp³-hybridized carbons (Fsp3) is 0.875. The standard InChI is InChI=1S/C8H14F3NO/c1-5(2)7(3,6(13)12-4)8(9,10)11/h5H,1-4H3,(H,12,13). The van der Waals surface area contributed by atoms with E-state index >= 15 is 0 Å². The molecule has 0 bridgehead atoms. The van der Waals surface area contributed by atoms with Gasteiger partial charge in [0, 0.05) is 7.05 Å². The van der Waals surface area contributed by atoms with Gasteiger partial charge in [0.15, 0.2) is 0 Å². The zero-order valence-corrected chi connectivity index (χ0v) is 8.12. The molecule has 0 heterocycles. The summed E-state index contributed by atoms with van der Waals surface area (Å²) in [6.45, 7) is 3.67. The summed E-state index contributed by atoms with van der Waals surface area (Å²) in [7, 11) is 1.20. The van der Waals surface area contributed by atoms with Crippen LogP contribution in [-0.4, -0.2) is 19.1 Å². The lowest BCUT2D eigenvalue weighted by Gasteiger charge is -2.33. The first-order valence-corrected chi connectivity index (χ1v) is 3.96. The highest BCUT2D eigenvalue weighted by Gasteiger charge is 2.58. The second-order valence-electron chi connectivity index (χ2n) is 3.43. The van der Waals surface area contributed by atoms with Crippen LogP contribution in [-0.2, 0) is 4.79 Å². The van der Waals surface area contributed by atoms with E-state index < -0.39 is 23.4 Å². The lowest BCUT2D eigenvalue weighted by Crippen LogP contribution is -2.51. The molecule has 1 atom stereocenters. The Morgan fingerprint density at radius 1 is 1.31 bits per heavy atom. The Kier molecular flexibility index (Phi) is 3.35. The maximum Gasteiger partial charge on any atom is 0.403 e. The normalized spacial score (nSPS) is 16.9. The largest absolute Gasteiger partial charge is 0.403 e. The first-order chi connectivity index (χ1) is 5.67. The number of hydrogen-bond donors (Lipinski definition) is 1. The molecule has 0 radical (unpaired) electrons. The van der Waals surface area contributed by atoms with Crippen molar-refractivity contribution < 1.29 is 18.0 Å². The number of amides is 1. The molecule has 0 spiro atoms. The van der Waals surface area contributed by atoms with Gasteiger partial charge < -0.3 is 5.32 Å². The van der Waals surface area contributed by atoms with Crippen LogP contribution in [0.5, 0.6) is 0 Å². The molecule has 0 saturated carbocycles. The van der Waals surface area contributed by atoms with Crippen LogP contribution in [0, 0.1) is 11.3 Å². The van der Waals surface area contributed by atoms with Crippen LogP contribution in [0.15, 0.2) is 0 Å². The molecule has 0 aromatic heterocycles. The van der Waals surface area contributed by atoms with Gasteiger partial charge in [-0.3, -0.25) is 4.79 Å². The molecular weight excluding hydrogens is 183 g/mol. The van der Waals surface area contributed by atoms with Crippen LogP contribution in [0.1, 0.15) is 20.8 Å². The molecule has 13 heavy (non-hydrogen) atoms. The average molecular weight is 197 g/mol. The fourth-order valence-corrected chi connectivity index (χ4v) is 0.978. The Labute approximate surface area is 75.5 Å². The summed E-state index contributed by atoms with van der Waals surface area (Å²) in [4.78, 5) is 11.1. The summed E-state index contributed by atoms with van der Waals surface area (Å²) in [5, 5.41) is 2.03. The van der Waals surface area contributed by atoms with Crippen LogP contribution in [0.3, 0.4) is 0 Å². The fourth-order valence-electron chi connectivity index (χ4n) is 0.978. The first kappa shape index (κ1) is 12.3. The second kappa shape index (κ2) is 3.55. The lowest BCUT2D eigenvalue weighted by molar-refractivity contribution is -0.228. The van der Waals surface area contributed by atoms with E-state index in [2.05, 4.69) is 0 Å². The van der Waals surface area contributed by atoms with Gasteiger partial charge in [0.25, 0.3) is 0 Å². The molecule has 1 amide bonds. The van der Waals surface area contributed by atoms with Crippen LogP contribution in [0.2, 0.25) is 0 Å². The average Bonchev–Trinajstić information content (AvgIpc) is 1.98. The minimum absolute atomic E-state index is 0.785. The number of nitrogens with one attached hydrogen (secondary N) is 1. The number of alkyl halides is 3. The summed E-state index contributed by atoms with van der Waals surface area (Å²) < 4.78 is 37.6. The summed E-state index contributed by atoms with van der Waals surface area (Å²) in [5.41, 5.74) is -2.30. The van der Waals surface area contributed by atoms with Crippen molar-refractivity contribution >= 4 is 5.91 Å². The van der Waals surface area contributed by atoms with E-state index in [-0.39, 0.29) is 0 Å².